The van der Waals surface area contributed by atoms with Gasteiger partial charge in [-0.15, -0.1) is 0 Å². The molecule has 0 aliphatic carbocycles. The lowest BCUT2D eigenvalue weighted by Gasteiger charge is -2.12. The lowest BCUT2D eigenvalue weighted by molar-refractivity contribution is 0.404. The molecule has 0 atom stereocenters. The fourth-order valence-electron chi connectivity index (χ4n) is 3.22. The number of aromatic hydroxyl groups is 3. The molecule has 0 spiro atoms. The molecule has 5 nitrogen and oxygen atoms in total. The summed E-state index contributed by atoms with van der Waals surface area (Å²) in [6.07, 6.45) is 5.14. The quantitative estimate of drug-likeness (QED) is 0.379. The molecule has 0 saturated heterocycles. The van der Waals surface area contributed by atoms with Gasteiger partial charge in [0.1, 0.15) is 11.0 Å². The van der Waals surface area contributed by atoms with Gasteiger partial charge >= 0.3 is 0 Å². The number of rotatable bonds is 5. The molecule has 2 aromatic carbocycles. The molecule has 0 radical (unpaired) electrons. The van der Waals surface area contributed by atoms with Crippen LogP contribution in [0.1, 0.15) is 38.8 Å². The molecule has 30 heavy (non-hydrogen) atoms. The van der Waals surface area contributed by atoms with Crippen molar-refractivity contribution in [1.29, 1.82) is 0 Å². The maximum Gasteiger partial charge on any atom is 0.238 e. The maximum atomic E-state index is 12.9. The maximum absolute atomic E-state index is 12.9. The summed E-state index contributed by atoms with van der Waals surface area (Å²) >= 11 is 0. The number of hydrogen-bond acceptors (Lipinski definition) is 5. The van der Waals surface area contributed by atoms with Crippen LogP contribution in [-0.2, 0) is 12.8 Å². The second kappa shape index (κ2) is 8.49. The first-order chi connectivity index (χ1) is 14.2. The summed E-state index contributed by atoms with van der Waals surface area (Å²) in [5, 5.41) is 30.6. The lowest BCUT2D eigenvalue weighted by Crippen LogP contribution is -2.05. The third-order valence-electron chi connectivity index (χ3n) is 4.84. The minimum absolute atomic E-state index is 0.0371. The molecule has 1 aromatic heterocycles. The Morgan fingerprint density at radius 3 is 2.27 bits per heavy atom. The summed E-state index contributed by atoms with van der Waals surface area (Å²) in [7, 11) is 0. The molecule has 0 aliphatic heterocycles. The van der Waals surface area contributed by atoms with Gasteiger partial charge in [0.25, 0.3) is 0 Å². The summed E-state index contributed by atoms with van der Waals surface area (Å²) in [4.78, 5) is 12.9. The minimum Gasteiger partial charge on any atom is -0.504 e. The van der Waals surface area contributed by atoms with Gasteiger partial charge < -0.3 is 19.7 Å². The number of fused-ring (bicyclic) bond motifs is 1. The van der Waals surface area contributed by atoms with E-state index in [1.807, 2.05) is 52.0 Å². The molecular formula is C25H26O5. The first-order valence-corrected chi connectivity index (χ1v) is 9.78. The van der Waals surface area contributed by atoms with Crippen LogP contribution in [-0.4, -0.2) is 15.3 Å². The zero-order chi connectivity index (χ0) is 22.0. The number of phenolic OH excluding ortho intramolecular Hbond substituents is 2. The third-order valence-corrected chi connectivity index (χ3v) is 4.84. The van der Waals surface area contributed by atoms with Crippen LogP contribution in [0.15, 0.2) is 62.8 Å². The van der Waals surface area contributed by atoms with E-state index in [1.165, 1.54) is 11.6 Å². The molecule has 156 valence electrons. The lowest BCUT2D eigenvalue weighted by atomic mass is 10.0. The van der Waals surface area contributed by atoms with Crippen molar-refractivity contribution in [2.45, 2.75) is 40.5 Å². The van der Waals surface area contributed by atoms with Gasteiger partial charge in [0.2, 0.25) is 11.2 Å². The van der Waals surface area contributed by atoms with Crippen LogP contribution in [0.2, 0.25) is 0 Å². The predicted molar refractivity (Wildman–Crippen MR) is 119 cm³/mol. The SMILES string of the molecule is CC(C)=CCc1cccc(-c2oc3c(CC=C(C)C)cc(O)c(O)c3c(=O)c2O)c1. The Hall–Kier alpha value is -3.47. The Morgan fingerprint density at radius 1 is 0.933 bits per heavy atom. The van der Waals surface area contributed by atoms with E-state index in [4.69, 9.17) is 4.42 Å². The first kappa shape index (κ1) is 21.2. The average Bonchev–Trinajstić information content (AvgIpc) is 2.70. The highest BCUT2D eigenvalue weighted by Gasteiger charge is 2.22. The van der Waals surface area contributed by atoms with E-state index in [9.17, 15) is 20.1 Å². The zero-order valence-electron chi connectivity index (χ0n) is 17.6. The second-order valence-corrected chi connectivity index (χ2v) is 7.89. The van der Waals surface area contributed by atoms with E-state index in [0.717, 1.165) is 17.6 Å². The highest BCUT2D eigenvalue weighted by Crippen LogP contribution is 2.39. The third kappa shape index (κ3) is 4.25. The van der Waals surface area contributed by atoms with Crippen LogP contribution < -0.4 is 5.43 Å². The van der Waals surface area contributed by atoms with Crippen molar-refractivity contribution in [1.82, 2.24) is 0 Å². The van der Waals surface area contributed by atoms with E-state index in [2.05, 4.69) is 6.08 Å². The minimum atomic E-state index is -0.784. The number of benzene rings is 2. The summed E-state index contributed by atoms with van der Waals surface area (Å²) in [5.41, 5.74) is 3.73. The number of phenols is 2. The van der Waals surface area contributed by atoms with Crippen molar-refractivity contribution < 1.29 is 19.7 Å². The van der Waals surface area contributed by atoms with E-state index >= 15 is 0 Å². The van der Waals surface area contributed by atoms with Crippen molar-refractivity contribution in [3.8, 4) is 28.6 Å². The Labute approximate surface area is 175 Å². The average molecular weight is 406 g/mol. The number of allylic oxidation sites excluding steroid dienone is 4. The topological polar surface area (TPSA) is 90.9 Å². The monoisotopic (exact) mass is 406 g/mol. The van der Waals surface area contributed by atoms with Gasteiger partial charge in [-0.1, -0.05) is 41.5 Å². The molecule has 5 heteroatoms. The largest absolute Gasteiger partial charge is 0.504 e. The van der Waals surface area contributed by atoms with Gasteiger partial charge in [-0.25, -0.2) is 0 Å². The molecule has 0 fully saturated rings. The summed E-state index contributed by atoms with van der Waals surface area (Å²) in [6.45, 7) is 7.92. The molecule has 3 rings (SSSR count). The molecule has 0 unspecified atom stereocenters. The predicted octanol–water partition coefficient (Wildman–Crippen LogP) is 5.59. The van der Waals surface area contributed by atoms with E-state index in [0.29, 0.717) is 17.5 Å². The molecule has 1 heterocycles. The van der Waals surface area contributed by atoms with Gasteiger partial charge in [0.15, 0.2) is 17.3 Å². The van der Waals surface area contributed by atoms with Gasteiger partial charge in [-0.3, -0.25) is 4.79 Å². The highest BCUT2D eigenvalue weighted by atomic mass is 16.4. The van der Waals surface area contributed by atoms with Crippen LogP contribution in [0.4, 0.5) is 0 Å². The van der Waals surface area contributed by atoms with Crippen LogP contribution in [0.25, 0.3) is 22.3 Å². The van der Waals surface area contributed by atoms with Crippen molar-refractivity contribution in [2.24, 2.45) is 0 Å². The molecule has 0 saturated carbocycles. The highest BCUT2D eigenvalue weighted by molar-refractivity contribution is 5.91. The summed E-state index contributed by atoms with van der Waals surface area (Å²) < 4.78 is 5.97. The molecule has 3 N–H and O–H groups in total. The molecule has 0 amide bonds. The van der Waals surface area contributed by atoms with Crippen molar-refractivity contribution in [3.63, 3.8) is 0 Å². The summed E-state index contributed by atoms with van der Waals surface area (Å²) in [5.74, 6) is -1.59. The van der Waals surface area contributed by atoms with Crippen LogP contribution >= 0.6 is 0 Å². The van der Waals surface area contributed by atoms with Crippen molar-refractivity contribution in [3.05, 3.63) is 75.0 Å². The molecule has 0 bridgehead atoms. The molecule has 3 aromatic rings. The normalized spacial score (nSPS) is 10.8. The molecular weight excluding hydrogens is 380 g/mol. The Balaban J connectivity index is 2.26. The first-order valence-electron chi connectivity index (χ1n) is 9.78. The standard InChI is InChI=1S/C25H26O5/c1-14(2)8-10-16-6-5-7-17(12-16)25-23(29)22(28)20-21(27)19(26)13-18(24(20)30-25)11-9-15(3)4/h5-9,12-13,26-27,29H,10-11H2,1-4H3. The summed E-state index contributed by atoms with van der Waals surface area (Å²) in [6, 6.07) is 8.80. The smallest absolute Gasteiger partial charge is 0.238 e. The van der Waals surface area contributed by atoms with Crippen molar-refractivity contribution >= 4 is 11.0 Å². The van der Waals surface area contributed by atoms with Crippen LogP contribution in [0.5, 0.6) is 17.2 Å². The van der Waals surface area contributed by atoms with Crippen LogP contribution in [0.3, 0.4) is 0 Å². The van der Waals surface area contributed by atoms with E-state index < -0.39 is 22.7 Å². The Morgan fingerprint density at radius 2 is 1.60 bits per heavy atom. The van der Waals surface area contributed by atoms with E-state index in [1.54, 1.807) is 6.07 Å². The fourth-order valence-corrected chi connectivity index (χ4v) is 3.22. The zero-order valence-corrected chi connectivity index (χ0v) is 17.6. The van der Waals surface area contributed by atoms with Gasteiger partial charge in [-0.05, 0) is 58.2 Å². The molecule has 0 aliphatic rings. The van der Waals surface area contributed by atoms with E-state index in [-0.39, 0.29) is 16.7 Å². The van der Waals surface area contributed by atoms with Gasteiger partial charge in [0, 0.05) is 11.1 Å². The van der Waals surface area contributed by atoms with Crippen molar-refractivity contribution in [2.75, 3.05) is 0 Å². The van der Waals surface area contributed by atoms with Gasteiger partial charge in [0.05, 0.1) is 0 Å². The second-order valence-electron chi connectivity index (χ2n) is 7.89. The fraction of sp³-hybridized carbons (Fsp3) is 0.240. The number of hydrogen-bond donors (Lipinski definition) is 3. The van der Waals surface area contributed by atoms with Crippen LogP contribution in [0, 0.1) is 0 Å². The Bertz CT molecular complexity index is 1220. The van der Waals surface area contributed by atoms with Gasteiger partial charge in [-0.2, -0.15) is 0 Å². The Kier molecular flexibility index (Phi) is 6.01.